The first-order valence-electron chi connectivity index (χ1n) is 7.01. The minimum absolute atomic E-state index is 0.186. The Morgan fingerprint density at radius 2 is 1.89 bits per heavy atom. The second-order valence-corrected chi connectivity index (χ2v) is 5.77. The van der Waals surface area contributed by atoms with E-state index in [1.54, 1.807) is 6.92 Å². The average molecular weight is 248 g/mol. The molecule has 0 saturated heterocycles. The molecule has 1 aromatic rings. The Hall–Kier alpha value is -0.860. The van der Waals surface area contributed by atoms with Crippen LogP contribution in [0, 0.1) is 5.92 Å². The van der Waals surface area contributed by atoms with E-state index in [4.69, 9.17) is 0 Å². The molecule has 1 aliphatic carbocycles. The van der Waals surface area contributed by atoms with Crippen LogP contribution in [0.2, 0.25) is 0 Å². The lowest BCUT2D eigenvalue weighted by atomic mass is 9.65. The Morgan fingerprint density at radius 1 is 1.22 bits per heavy atom. The van der Waals surface area contributed by atoms with Crippen LogP contribution in [-0.2, 0) is 0 Å². The molecule has 1 aliphatic rings. The van der Waals surface area contributed by atoms with Crippen LogP contribution in [0.3, 0.4) is 0 Å². The monoisotopic (exact) mass is 248 g/mol. The molecule has 2 N–H and O–H groups in total. The number of aliphatic hydroxyl groups excluding tert-OH is 1. The van der Waals surface area contributed by atoms with E-state index in [0.29, 0.717) is 0 Å². The third-order valence-electron chi connectivity index (χ3n) is 4.50. The molecule has 0 radical (unpaired) electrons. The highest BCUT2D eigenvalue weighted by Gasteiger charge is 2.45. The van der Waals surface area contributed by atoms with Crippen LogP contribution < -0.4 is 0 Å². The molecular weight excluding hydrogens is 224 g/mol. The van der Waals surface area contributed by atoms with Crippen LogP contribution >= 0.6 is 0 Å². The predicted molar refractivity (Wildman–Crippen MR) is 73.4 cm³/mol. The summed E-state index contributed by atoms with van der Waals surface area (Å²) < 4.78 is 0. The summed E-state index contributed by atoms with van der Waals surface area (Å²) >= 11 is 0. The average Bonchev–Trinajstić information content (AvgIpc) is 2.34. The highest BCUT2D eigenvalue weighted by Crippen LogP contribution is 2.45. The van der Waals surface area contributed by atoms with Gasteiger partial charge in [0.25, 0.3) is 0 Å². The van der Waals surface area contributed by atoms with E-state index < -0.39 is 11.7 Å². The first-order valence-corrected chi connectivity index (χ1v) is 7.01. The standard InChI is InChI=1S/C16H24O2/c1-12-8-6-7-11-16(12,18)15(13(2)17)14-9-4-3-5-10-14/h3-5,9-10,12-13,15,17-18H,6-8,11H2,1-2H3/t12-,13-,15+,16+/m0/s1. The van der Waals surface area contributed by atoms with Gasteiger partial charge in [-0.05, 0) is 31.2 Å². The SMILES string of the molecule is C[C@H](O)[C@H](c1ccccc1)[C@@]1(O)CCCC[C@@H]1C. The summed E-state index contributed by atoms with van der Waals surface area (Å²) in [4.78, 5) is 0. The highest BCUT2D eigenvalue weighted by atomic mass is 16.3. The summed E-state index contributed by atoms with van der Waals surface area (Å²) in [5.41, 5.74) is 0.275. The van der Waals surface area contributed by atoms with Gasteiger partial charge in [0.15, 0.2) is 0 Å². The van der Waals surface area contributed by atoms with Crippen LogP contribution in [0.25, 0.3) is 0 Å². The summed E-state index contributed by atoms with van der Waals surface area (Å²) in [6, 6.07) is 9.94. The maximum Gasteiger partial charge on any atom is 0.0766 e. The molecule has 0 aromatic heterocycles. The molecule has 1 aromatic carbocycles. The molecule has 18 heavy (non-hydrogen) atoms. The number of hydrogen-bond acceptors (Lipinski definition) is 2. The van der Waals surface area contributed by atoms with Gasteiger partial charge in [-0.25, -0.2) is 0 Å². The lowest BCUT2D eigenvalue weighted by molar-refractivity contribution is -0.0912. The zero-order chi connectivity index (χ0) is 13.2. The molecule has 4 atom stereocenters. The summed E-state index contributed by atoms with van der Waals surface area (Å²) in [5.74, 6) is 0.0556. The summed E-state index contributed by atoms with van der Waals surface area (Å²) in [7, 11) is 0. The quantitative estimate of drug-likeness (QED) is 0.863. The van der Waals surface area contributed by atoms with Crippen LogP contribution in [-0.4, -0.2) is 21.9 Å². The second-order valence-electron chi connectivity index (χ2n) is 5.77. The van der Waals surface area contributed by atoms with Crippen molar-refractivity contribution in [2.24, 2.45) is 5.92 Å². The molecule has 2 heteroatoms. The zero-order valence-corrected chi connectivity index (χ0v) is 11.3. The maximum atomic E-state index is 11.1. The molecule has 2 nitrogen and oxygen atoms in total. The fraction of sp³-hybridized carbons (Fsp3) is 0.625. The third kappa shape index (κ3) is 2.45. The summed E-state index contributed by atoms with van der Waals surface area (Å²) in [6.45, 7) is 3.90. The molecular formula is C16H24O2. The molecule has 1 fully saturated rings. The Balaban J connectivity index is 2.35. The van der Waals surface area contributed by atoms with E-state index in [1.165, 1.54) is 6.42 Å². The molecule has 0 unspecified atom stereocenters. The molecule has 0 bridgehead atoms. The van der Waals surface area contributed by atoms with Gasteiger partial charge in [0.05, 0.1) is 11.7 Å². The number of benzene rings is 1. The van der Waals surface area contributed by atoms with Crippen LogP contribution in [0.15, 0.2) is 30.3 Å². The Bertz CT molecular complexity index is 374. The smallest absolute Gasteiger partial charge is 0.0766 e. The van der Waals surface area contributed by atoms with Gasteiger partial charge >= 0.3 is 0 Å². The van der Waals surface area contributed by atoms with Crippen LogP contribution in [0.1, 0.15) is 51.0 Å². The topological polar surface area (TPSA) is 40.5 Å². The van der Waals surface area contributed by atoms with Crippen LogP contribution in [0.5, 0.6) is 0 Å². The minimum Gasteiger partial charge on any atom is -0.393 e. The Morgan fingerprint density at radius 3 is 2.44 bits per heavy atom. The molecule has 1 saturated carbocycles. The number of hydrogen-bond donors (Lipinski definition) is 2. The number of aliphatic hydroxyl groups is 2. The van der Waals surface area contributed by atoms with Crippen molar-refractivity contribution in [3.8, 4) is 0 Å². The van der Waals surface area contributed by atoms with E-state index in [2.05, 4.69) is 6.92 Å². The van der Waals surface area contributed by atoms with Crippen molar-refractivity contribution in [3.05, 3.63) is 35.9 Å². The fourth-order valence-corrected chi connectivity index (χ4v) is 3.46. The van der Waals surface area contributed by atoms with Gasteiger partial charge in [0, 0.05) is 5.92 Å². The maximum absolute atomic E-state index is 11.1. The van der Waals surface area contributed by atoms with Crippen molar-refractivity contribution in [2.75, 3.05) is 0 Å². The van der Waals surface area contributed by atoms with Crippen molar-refractivity contribution in [1.29, 1.82) is 0 Å². The lowest BCUT2D eigenvalue weighted by Crippen LogP contribution is -2.48. The predicted octanol–water partition coefficient (Wildman–Crippen LogP) is 3.09. The minimum atomic E-state index is -0.770. The zero-order valence-electron chi connectivity index (χ0n) is 11.3. The van der Waals surface area contributed by atoms with Gasteiger partial charge in [-0.2, -0.15) is 0 Å². The largest absolute Gasteiger partial charge is 0.393 e. The first-order chi connectivity index (χ1) is 8.55. The molecule has 0 aliphatic heterocycles. The summed E-state index contributed by atoms with van der Waals surface area (Å²) in [5, 5.41) is 21.2. The third-order valence-corrected chi connectivity index (χ3v) is 4.50. The Labute approximate surface area is 110 Å². The van der Waals surface area contributed by atoms with Crippen molar-refractivity contribution in [2.45, 2.75) is 57.2 Å². The van der Waals surface area contributed by atoms with Gasteiger partial charge in [-0.3, -0.25) is 0 Å². The van der Waals surface area contributed by atoms with E-state index in [9.17, 15) is 10.2 Å². The van der Waals surface area contributed by atoms with Gasteiger partial charge in [-0.1, -0.05) is 50.1 Å². The van der Waals surface area contributed by atoms with Crippen molar-refractivity contribution in [1.82, 2.24) is 0 Å². The number of rotatable bonds is 3. The molecule has 0 heterocycles. The summed E-state index contributed by atoms with van der Waals surface area (Å²) in [6.07, 6.45) is 3.55. The first kappa shape index (κ1) is 13.6. The van der Waals surface area contributed by atoms with Crippen molar-refractivity contribution >= 4 is 0 Å². The van der Waals surface area contributed by atoms with Gasteiger partial charge in [0.1, 0.15) is 0 Å². The highest BCUT2D eigenvalue weighted by molar-refractivity contribution is 5.25. The van der Waals surface area contributed by atoms with E-state index in [-0.39, 0.29) is 11.8 Å². The molecule has 2 rings (SSSR count). The van der Waals surface area contributed by atoms with E-state index in [0.717, 1.165) is 24.8 Å². The van der Waals surface area contributed by atoms with Gasteiger partial charge < -0.3 is 10.2 Å². The Kier molecular flexibility index (Phi) is 4.08. The molecule has 100 valence electrons. The molecule has 0 amide bonds. The normalized spacial score (nSPS) is 31.9. The molecule has 0 spiro atoms. The van der Waals surface area contributed by atoms with E-state index >= 15 is 0 Å². The van der Waals surface area contributed by atoms with Crippen LogP contribution in [0.4, 0.5) is 0 Å². The van der Waals surface area contributed by atoms with Crippen molar-refractivity contribution < 1.29 is 10.2 Å². The second kappa shape index (κ2) is 5.41. The fourth-order valence-electron chi connectivity index (χ4n) is 3.46. The van der Waals surface area contributed by atoms with Gasteiger partial charge in [-0.15, -0.1) is 0 Å². The van der Waals surface area contributed by atoms with Crippen molar-refractivity contribution in [3.63, 3.8) is 0 Å². The lowest BCUT2D eigenvalue weighted by Gasteiger charge is -2.45. The van der Waals surface area contributed by atoms with Gasteiger partial charge in [0.2, 0.25) is 0 Å². The van der Waals surface area contributed by atoms with E-state index in [1.807, 2.05) is 30.3 Å².